The minimum Gasteiger partial charge on any atom is -0.466 e. The molecule has 1 saturated heterocycles. The molecule has 12 heteroatoms. The minimum atomic E-state index is -1.18. The summed E-state index contributed by atoms with van der Waals surface area (Å²) in [7, 11) is 0. The normalized spacial score (nSPS) is 22.3. The van der Waals surface area contributed by atoms with Crippen molar-refractivity contribution < 1.29 is 9.36 Å². The summed E-state index contributed by atoms with van der Waals surface area (Å²) in [6.07, 6.45) is 8.76. The van der Waals surface area contributed by atoms with E-state index in [1.807, 2.05) is 70.6 Å². The van der Waals surface area contributed by atoms with Crippen LogP contribution in [0.2, 0.25) is 0 Å². The summed E-state index contributed by atoms with van der Waals surface area (Å²) in [5.41, 5.74) is -0.776. The van der Waals surface area contributed by atoms with E-state index in [1.54, 1.807) is 41.3 Å². The first kappa shape index (κ1) is 20.3. The number of aromatic nitrogens is 6. The van der Waals surface area contributed by atoms with E-state index in [-0.39, 0.29) is 0 Å². The van der Waals surface area contributed by atoms with E-state index < -0.39 is 11.1 Å². The Labute approximate surface area is 206 Å². The highest BCUT2D eigenvalue weighted by Crippen LogP contribution is 2.62. The van der Waals surface area contributed by atoms with Gasteiger partial charge in [-0.1, -0.05) is 0 Å². The zero-order chi connectivity index (χ0) is 23.3. The lowest BCUT2D eigenvalue weighted by atomic mass is 9.69. The number of H-pyrrole nitrogens is 3. The summed E-state index contributed by atoms with van der Waals surface area (Å²) in [6.45, 7) is 0. The molecule has 0 spiro atoms. The Bertz CT molecular complexity index is 1290. The third-order valence-electron chi connectivity index (χ3n) is 6.22. The number of furan rings is 1. The molecule has 10 nitrogen and oxygen atoms in total. The van der Waals surface area contributed by atoms with Crippen LogP contribution >= 0.6 is 22.9 Å². The van der Waals surface area contributed by atoms with Crippen LogP contribution in [0.5, 0.6) is 0 Å². The number of rotatable bonds is 6. The van der Waals surface area contributed by atoms with Gasteiger partial charge in [-0.3, -0.25) is 5.10 Å². The maximum Gasteiger partial charge on any atom is 0.210 e. The molecule has 2 atom stereocenters. The Morgan fingerprint density at radius 3 is 2.54 bits per heavy atom. The highest BCUT2D eigenvalue weighted by atomic mass is 32.1. The Hall–Kier alpha value is -4.13. The van der Waals surface area contributed by atoms with Crippen molar-refractivity contribution in [2.24, 2.45) is 0 Å². The molecule has 6 aromatic rings. The van der Waals surface area contributed by atoms with Crippen molar-refractivity contribution in [2.45, 2.75) is 11.1 Å². The highest BCUT2D eigenvalue weighted by Gasteiger charge is 2.74. The predicted molar refractivity (Wildman–Crippen MR) is 131 cm³/mol. The largest absolute Gasteiger partial charge is 0.466 e. The summed E-state index contributed by atoms with van der Waals surface area (Å²) in [5.74, 6) is 1.87. The zero-order valence-electron chi connectivity index (χ0n) is 18.0. The van der Waals surface area contributed by atoms with E-state index in [2.05, 4.69) is 20.2 Å². The monoisotopic (exact) mass is 502 g/mol. The first-order chi connectivity index (χ1) is 17.4. The molecule has 2 unspecified atom stereocenters. The molecule has 1 fully saturated rings. The number of anilines is 2. The third kappa shape index (κ3) is 2.58. The number of nitrogens with one attached hydrogen (secondary N) is 3. The van der Waals surface area contributed by atoms with E-state index in [9.17, 15) is 0 Å². The molecule has 0 aromatic carbocycles. The minimum absolute atomic E-state index is 0.614. The van der Waals surface area contributed by atoms with Crippen LogP contribution in [0.25, 0.3) is 0 Å². The second kappa shape index (κ2) is 7.70. The van der Waals surface area contributed by atoms with Crippen molar-refractivity contribution >= 4 is 33.7 Å². The molecular weight excluding hydrogens is 484 g/mol. The summed E-state index contributed by atoms with van der Waals surface area (Å²) < 4.78 is 11.1. The Balaban J connectivity index is 1.69. The van der Waals surface area contributed by atoms with Gasteiger partial charge in [0.05, 0.1) is 23.8 Å². The van der Waals surface area contributed by atoms with Gasteiger partial charge < -0.3 is 14.4 Å². The Morgan fingerprint density at radius 2 is 1.89 bits per heavy atom. The fourth-order valence-electron chi connectivity index (χ4n) is 4.97. The first-order valence-corrected chi connectivity index (χ1v) is 12.5. The van der Waals surface area contributed by atoms with Gasteiger partial charge in [-0.2, -0.15) is 19.6 Å². The molecule has 0 bridgehead atoms. The quantitative estimate of drug-likeness (QED) is 0.304. The van der Waals surface area contributed by atoms with Crippen molar-refractivity contribution in [1.29, 1.82) is 0 Å². The van der Waals surface area contributed by atoms with Crippen LogP contribution in [0.4, 0.5) is 10.8 Å². The molecule has 3 N–H and O–H groups in total. The van der Waals surface area contributed by atoms with Crippen molar-refractivity contribution in [3.63, 3.8) is 0 Å². The topological polar surface area (TPSA) is 115 Å². The van der Waals surface area contributed by atoms with Gasteiger partial charge in [0, 0.05) is 30.0 Å². The van der Waals surface area contributed by atoms with Gasteiger partial charge in [0.25, 0.3) is 0 Å². The van der Waals surface area contributed by atoms with Gasteiger partial charge in [0.1, 0.15) is 16.6 Å². The molecule has 0 radical (unpaired) electrons. The molecule has 1 aliphatic rings. The molecule has 1 aliphatic heterocycles. The van der Waals surface area contributed by atoms with Gasteiger partial charge in [0.15, 0.2) is 5.82 Å². The highest BCUT2D eigenvalue weighted by molar-refractivity contribution is 7.14. The van der Waals surface area contributed by atoms with E-state index in [4.69, 9.17) is 18.7 Å². The lowest BCUT2D eigenvalue weighted by Gasteiger charge is -2.43. The number of imidazole rings is 1. The second-order valence-corrected chi connectivity index (χ2v) is 9.46. The van der Waals surface area contributed by atoms with Crippen molar-refractivity contribution in [2.75, 3.05) is 10.1 Å². The molecule has 7 rings (SSSR count). The Kier molecular flexibility index (Phi) is 4.46. The van der Waals surface area contributed by atoms with E-state index >= 15 is 0 Å². The van der Waals surface area contributed by atoms with Gasteiger partial charge in [-0.15, -0.1) is 16.3 Å². The van der Waals surface area contributed by atoms with E-state index in [0.29, 0.717) is 17.4 Å². The molecule has 6 aromatic heterocycles. The van der Waals surface area contributed by atoms with E-state index in [0.717, 1.165) is 16.4 Å². The number of hydrogen-bond donors (Lipinski definition) is 3. The summed E-state index contributed by atoms with van der Waals surface area (Å²) in [6, 6.07) is 15.6. The number of hydrogen-bond acceptors (Lipinski definition) is 9. The SMILES string of the molecule is c1c[nH]c(C2(c3ccco3)N(c3cccs3)ON(c3ccn[nH]3)C2(c2ccsn2)c2ncc[nH]2)c1. The lowest BCUT2D eigenvalue weighted by Crippen LogP contribution is -2.59. The van der Waals surface area contributed by atoms with Crippen LogP contribution in [0, 0.1) is 0 Å². The average Bonchev–Trinajstić information content (AvgIpc) is 3.71. The van der Waals surface area contributed by atoms with Crippen LogP contribution in [-0.4, -0.2) is 29.5 Å². The molecule has 35 heavy (non-hydrogen) atoms. The first-order valence-electron chi connectivity index (χ1n) is 10.8. The number of thiophene rings is 1. The van der Waals surface area contributed by atoms with Crippen LogP contribution < -0.4 is 10.1 Å². The fraction of sp³-hybridized carbons (Fsp3) is 0.0870. The Morgan fingerprint density at radius 1 is 0.886 bits per heavy atom. The molecule has 7 heterocycles. The molecular formula is C23H18N8O2S2. The van der Waals surface area contributed by atoms with Crippen molar-refractivity contribution in [3.05, 3.63) is 113 Å². The average molecular weight is 503 g/mol. The van der Waals surface area contributed by atoms with Crippen molar-refractivity contribution in [1.82, 2.24) is 29.5 Å². The standard InChI is InChI=1S/C23H18N8O2S2/c1-4-16(24-9-1)22(18-5-2-13-32-18)23(17-8-15-35-29-17,21-25-11-12-26-21)30(19-7-10-27-28-19)33-31(22)20-6-3-14-34-20/h1-15,24H,(H,25,26)(H,27,28). The third-order valence-corrected chi connectivity index (χ3v) is 7.62. The molecule has 0 aliphatic carbocycles. The number of hydroxylamine groups is 2. The van der Waals surface area contributed by atoms with Gasteiger partial charge in [-0.25, -0.2) is 4.98 Å². The maximum atomic E-state index is 6.81. The molecule has 174 valence electrons. The van der Waals surface area contributed by atoms with Crippen molar-refractivity contribution in [3.8, 4) is 0 Å². The van der Waals surface area contributed by atoms with Gasteiger partial charge in [-0.05, 0) is 59.4 Å². The molecule has 0 amide bonds. The molecule has 0 saturated carbocycles. The van der Waals surface area contributed by atoms with Crippen LogP contribution in [0.15, 0.2) is 94.8 Å². The van der Waals surface area contributed by atoms with E-state index in [1.165, 1.54) is 11.5 Å². The summed E-state index contributed by atoms with van der Waals surface area (Å²) in [4.78, 5) is 18.4. The second-order valence-electron chi connectivity index (χ2n) is 7.87. The van der Waals surface area contributed by atoms with Gasteiger partial charge in [0.2, 0.25) is 11.1 Å². The van der Waals surface area contributed by atoms with Gasteiger partial charge >= 0.3 is 0 Å². The number of nitrogens with zero attached hydrogens (tertiary/aromatic N) is 5. The van der Waals surface area contributed by atoms with Crippen LogP contribution in [0.3, 0.4) is 0 Å². The smallest absolute Gasteiger partial charge is 0.210 e. The summed E-state index contributed by atoms with van der Waals surface area (Å²) >= 11 is 2.92. The predicted octanol–water partition coefficient (Wildman–Crippen LogP) is 4.63. The lowest BCUT2D eigenvalue weighted by molar-refractivity contribution is 0.112. The fourth-order valence-corrected chi connectivity index (χ4v) is 6.25. The van der Waals surface area contributed by atoms with Crippen LogP contribution in [-0.2, 0) is 16.0 Å². The maximum absolute atomic E-state index is 6.81. The summed E-state index contributed by atoms with van der Waals surface area (Å²) in [5, 5.41) is 15.7. The zero-order valence-corrected chi connectivity index (χ0v) is 19.7. The van der Waals surface area contributed by atoms with Crippen LogP contribution in [0.1, 0.15) is 23.0 Å². The number of aromatic amines is 3.